The van der Waals surface area contributed by atoms with Gasteiger partial charge in [-0.25, -0.2) is 4.98 Å². The third-order valence-electron chi connectivity index (χ3n) is 4.24. The molecule has 3 unspecified atom stereocenters. The number of hydrogen-bond acceptors (Lipinski definition) is 4. The van der Waals surface area contributed by atoms with Gasteiger partial charge in [0, 0.05) is 18.5 Å². The van der Waals surface area contributed by atoms with Crippen LogP contribution in [0.4, 0.5) is 0 Å². The monoisotopic (exact) mass is 334 g/mol. The summed E-state index contributed by atoms with van der Waals surface area (Å²) in [6, 6.07) is 8.33. The second kappa shape index (κ2) is 7.88. The number of benzene rings is 1. The van der Waals surface area contributed by atoms with Crippen molar-refractivity contribution in [2.75, 3.05) is 6.54 Å². The predicted molar refractivity (Wildman–Crippen MR) is 96.1 cm³/mol. The summed E-state index contributed by atoms with van der Waals surface area (Å²) < 4.78 is 1.20. The van der Waals surface area contributed by atoms with Crippen molar-refractivity contribution in [3.8, 4) is 0 Å². The number of carbonyl (C=O) groups is 1. The molecule has 2 rings (SSSR count). The van der Waals surface area contributed by atoms with E-state index in [1.54, 1.807) is 11.3 Å². The van der Waals surface area contributed by atoms with Crippen LogP contribution in [-0.4, -0.2) is 28.6 Å². The maximum Gasteiger partial charge on any atom is 0.307 e. The van der Waals surface area contributed by atoms with Gasteiger partial charge in [-0.1, -0.05) is 32.9 Å². The highest BCUT2D eigenvalue weighted by molar-refractivity contribution is 7.18. The number of carboxylic acids is 1. The minimum Gasteiger partial charge on any atom is -0.481 e. The van der Waals surface area contributed by atoms with Crippen molar-refractivity contribution in [2.45, 2.75) is 46.1 Å². The summed E-state index contributed by atoms with van der Waals surface area (Å²) in [5, 5.41) is 13.8. The number of nitrogens with zero attached hydrogens (tertiary/aromatic N) is 1. The zero-order valence-electron chi connectivity index (χ0n) is 14.2. The Bertz CT molecular complexity index is 620. The summed E-state index contributed by atoms with van der Waals surface area (Å²) in [5.41, 5.74) is 1.04. The third kappa shape index (κ3) is 4.75. The molecule has 0 aliphatic carbocycles. The Hall–Kier alpha value is -1.46. The molecule has 0 radical (unpaired) electrons. The summed E-state index contributed by atoms with van der Waals surface area (Å²) in [6.07, 6.45) is 0.699. The molecular weight excluding hydrogens is 308 g/mol. The highest BCUT2D eigenvalue weighted by atomic mass is 32.1. The van der Waals surface area contributed by atoms with Crippen LogP contribution in [0.15, 0.2) is 24.3 Å². The molecule has 0 saturated heterocycles. The van der Waals surface area contributed by atoms with E-state index in [0.29, 0.717) is 18.9 Å². The van der Waals surface area contributed by atoms with Crippen molar-refractivity contribution >= 4 is 27.5 Å². The lowest BCUT2D eigenvalue weighted by Gasteiger charge is -2.22. The van der Waals surface area contributed by atoms with Crippen molar-refractivity contribution in [1.82, 2.24) is 10.3 Å². The standard InChI is InChI=1S/C18H26N2O2S/c1-11(2)9-14(18(21)22)10-19-13(4)12(3)17-20-15-7-5-6-8-16(15)23-17/h5-8,11-14,19H,9-10H2,1-4H3,(H,21,22). The van der Waals surface area contributed by atoms with Gasteiger partial charge in [-0.05, 0) is 31.4 Å². The molecule has 2 aromatic rings. The highest BCUT2D eigenvalue weighted by Crippen LogP contribution is 2.29. The first-order valence-electron chi connectivity index (χ1n) is 8.20. The molecule has 2 N–H and O–H groups in total. The van der Waals surface area contributed by atoms with Gasteiger partial charge in [-0.3, -0.25) is 4.79 Å². The van der Waals surface area contributed by atoms with Crippen LogP contribution in [0.3, 0.4) is 0 Å². The number of carboxylic acid groups (broad SMARTS) is 1. The van der Waals surface area contributed by atoms with Crippen molar-refractivity contribution in [3.05, 3.63) is 29.3 Å². The van der Waals surface area contributed by atoms with E-state index in [4.69, 9.17) is 4.98 Å². The first kappa shape index (κ1) is 17.9. The molecule has 0 saturated carbocycles. The molecule has 126 valence electrons. The fourth-order valence-corrected chi connectivity index (χ4v) is 3.77. The minimum absolute atomic E-state index is 0.185. The first-order valence-corrected chi connectivity index (χ1v) is 9.01. The zero-order chi connectivity index (χ0) is 17.0. The van der Waals surface area contributed by atoms with E-state index in [9.17, 15) is 9.90 Å². The number of nitrogens with one attached hydrogen (secondary N) is 1. The smallest absolute Gasteiger partial charge is 0.307 e. The van der Waals surface area contributed by atoms with E-state index in [1.807, 2.05) is 18.2 Å². The number of para-hydroxylation sites is 1. The summed E-state index contributed by atoms with van der Waals surface area (Å²) >= 11 is 1.72. The predicted octanol–water partition coefficient (Wildman–Crippen LogP) is 4.12. The van der Waals surface area contributed by atoms with Crippen LogP contribution < -0.4 is 5.32 Å². The molecule has 1 heterocycles. The van der Waals surface area contributed by atoms with Gasteiger partial charge in [-0.2, -0.15) is 0 Å². The molecule has 0 bridgehead atoms. The molecule has 4 nitrogen and oxygen atoms in total. The molecule has 0 fully saturated rings. The fourth-order valence-electron chi connectivity index (χ4n) is 2.64. The lowest BCUT2D eigenvalue weighted by Crippen LogP contribution is -2.37. The molecule has 0 aliphatic rings. The Balaban J connectivity index is 1.98. The Morgan fingerprint density at radius 2 is 1.96 bits per heavy atom. The molecule has 1 aromatic heterocycles. The number of thiazole rings is 1. The first-order chi connectivity index (χ1) is 10.9. The Morgan fingerprint density at radius 3 is 2.57 bits per heavy atom. The zero-order valence-corrected chi connectivity index (χ0v) is 15.1. The lowest BCUT2D eigenvalue weighted by molar-refractivity contribution is -0.142. The van der Waals surface area contributed by atoms with E-state index in [0.717, 1.165) is 10.5 Å². The van der Waals surface area contributed by atoms with Gasteiger partial charge in [0.05, 0.1) is 21.1 Å². The van der Waals surface area contributed by atoms with Gasteiger partial charge < -0.3 is 10.4 Å². The molecular formula is C18H26N2O2S. The van der Waals surface area contributed by atoms with Crippen LogP contribution in [-0.2, 0) is 4.79 Å². The Kier molecular flexibility index (Phi) is 6.13. The largest absolute Gasteiger partial charge is 0.481 e. The van der Waals surface area contributed by atoms with Gasteiger partial charge in [0.2, 0.25) is 0 Å². The van der Waals surface area contributed by atoms with Gasteiger partial charge in [0.15, 0.2) is 0 Å². The molecule has 0 spiro atoms. The highest BCUT2D eigenvalue weighted by Gasteiger charge is 2.22. The second-order valence-corrected chi connectivity index (χ2v) is 7.73. The molecule has 0 amide bonds. The van der Waals surface area contributed by atoms with Crippen molar-refractivity contribution in [3.63, 3.8) is 0 Å². The Labute approximate surface area is 141 Å². The van der Waals surface area contributed by atoms with Gasteiger partial charge in [0.1, 0.15) is 0 Å². The van der Waals surface area contributed by atoms with Gasteiger partial charge in [-0.15, -0.1) is 11.3 Å². The van der Waals surface area contributed by atoms with E-state index in [1.165, 1.54) is 4.70 Å². The van der Waals surface area contributed by atoms with Crippen molar-refractivity contribution in [2.24, 2.45) is 11.8 Å². The lowest BCUT2D eigenvalue weighted by atomic mass is 9.96. The number of rotatable bonds is 8. The number of hydrogen-bond donors (Lipinski definition) is 2. The van der Waals surface area contributed by atoms with E-state index < -0.39 is 5.97 Å². The topological polar surface area (TPSA) is 62.2 Å². The Morgan fingerprint density at radius 1 is 1.26 bits per heavy atom. The van der Waals surface area contributed by atoms with Crippen LogP contribution in [0.25, 0.3) is 10.2 Å². The van der Waals surface area contributed by atoms with Crippen molar-refractivity contribution < 1.29 is 9.90 Å². The van der Waals surface area contributed by atoms with E-state index in [2.05, 4.69) is 39.1 Å². The van der Waals surface area contributed by atoms with Crippen LogP contribution in [0.1, 0.15) is 45.0 Å². The quantitative estimate of drug-likeness (QED) is 0.762. The van der Waals surface area contributed by atoms with Crippen LogP contribution in [0.5, 0.6) is 0 Å². The molecule has 5 heteroatoms. The third-order valence-corrected chi connectivity index (χ3v) is 5.48. The number of aromatic nitrogens is 1. The number of aliphatic carboxylic acids is 1. The second-order valence-electron chi connectivity index (χ2n) is 6.67. The van der Waals surface area contributed by atoms with Gasteiger partial charge >= 0.3 is 5.97 Å². The summed E-state index contributed by atoms with van der Waals surface area (Å²) in [4.78, 5) is 16.1. The SMILES string of the molecule is CC(C)CC(CNC(C)C(C)c1nc2ccccc2s1)C(=O)O. The number of fused-ring (bicyclic) bond motifs is 1. The normalized spacial score (nSPS) is 15.7. The molecule has 1 aromatic carbocycles. The fraction of sp³-hybridized carbons (Fsp3) is 0.556. The summed E-state index contributed by atoms with van der Waals surface area (Å²) in [6.45, 7) is 8.87. The average Bonchev–Trinajstić information content (AvgIpc) is 2.93. The molecule has 23 heavy (non-hydrogen) atoms. The summed E-state index contributed by atoms with van der Waals surface area (Å²) in [7, 11) is 0. The van der Waals surface area contributed by atoms with Crippen molar-refractivity contribution in [1.29, 1.82) is 0 Å². The van der Waals surface area contributed by atoms with E-state index >= 15 is 0 Å². The molecule has 3 atom stereocenters. The van der Waals surface area contributed by atoms with E-state index in [-0.39, 0.29) is 17.9 Å². The maximum absolute atomic E-state index is 11.4. The molecule has 0 aliphatic heterocycles. The van der Waals surface area contributed by atoms with Crippen LogP contribution in [0, 0.1) is 11.8 Å². The van der Waals surface area contributed by atoms with Crippen LogP contribution >= 0.6 is 11.3 Å². The van der Waals surface area contributed by atoms with Crippen LogP contribution in [0.2, 0.25) is 0 Å². The average molecular weight is 334 g/mol. The maximum atomic E-state index is 11.4. The summed E-state index contributed by atoms with van der Waals surface area (Å²) in [5.74, 6) is -0.415. The minimum atomic E-state index is -0.717. The van der Waals surface area contributed by atoms with Gasteiger partial charge in [0.25, 0.3) is 0 Å².